The molecule has 0 aromatic heterocycles. The molecule has 0 saturated carbocycles. The highest BCUT2D eigenvalue weighted by Gasteiger charge is 2.12. The molecule has 1 aromatic rings. The molecule has 2 atom stereocenters. The first-order chi connectivity index (χ1) is 6.63. The number of aliphatic hydroxyl groups is 1. The quantitative estimate of drug-likeness (QED) is 0.870. The Morgan fingerprint density at radius 1 is 1.50 bits per heavy atom. The van der Waals surface area contributed by atoms with Crippen molar-refractivity contribution < 1.29 is 5.11 Å². The highest BCUT2D eigenvalue weighted by Crippen LogP contribution is 2.23. The number of hydrogen-bond donors (Lipinski definition) is 2. The van der Waals surface area contributed by atoms with Crippen LogP contribution in [0.2, 0.25) is 0 Å². The zero-order valence-electron chi connectivity index (χ0n) is 8.28. The van der Waals surface area contributed by atoms with E-state index in [9.17, 15) is 5.11 Å². The van der Waals surface area contributed by atoms with Crippen LogP contribution >= 0.6 is 15.9 Å². The molecule has 0 spiro atoms. The first-order valence-electron chi connectivity index (χ1n) is 4.77. The first-order valence-corrected chi connectivity index (χ1v) is 5.56. The molecule has 0 aliphatic heterocycles. The first kappa shape index (κ1) is 11.7. The lowest BCUT2D eigenvalue weighted by molar-refractivity contribution is 0.175. The summed E-state index contributed by atoms with van der Waals surface area (Å²) in [5, 5.41) is 9.32. The van der Waals surface area contributed by atoms with E-state index in [4.69, 9.17) is 5.73 Å². The van der Waals surface area contributed by atoms with Gasteiger partial charge in [-0.2, -0.15) is 0 Å². The van der Waals surface area contributed by atoms with Gasteiger partial charge in [-0.15, -0.1) is 0 Å². The highest BCUT2D eigenvalue weighted by atomic mass is 79.9. The Bertz CT molecular complexity index is 288. The molecular weight excluding hydrogens is 242 g/mol. The predicted molar refractivity (Wildman–Crippen MR) is 62.2 cm³/mol. The van der Waals surface area contributed by atoms with Crippen molar-refractivity contribution in [3.05, 3.63) is 34.3 Å². The fourth-order valence-electron chi connectivity index (χ4n) is 1.54. The molecule has 1 aromatic carbocycles. The van der Waals surface area contributed by atoms with E-state index in [-0.39, 0.29) is 12.0 Å². The lowest BCUT2D eigenvalue weighted by Gasteiger charge is -2.16. The van der Waals surface area contributed by atoms with Crippen molar-refractivity contribution in [1.29, 1.82) is 0 Å². The van der Waals surface area contributed by atoms with Crippen molar-refractivity contribution in [2.45, 2.75) is 25.4 Å². The van der Waals surface area contributed by atoms with Gasteiger partial charge in [-0.05, 0) is 43.5 Å². The summed E-state index contributed by atoms with van der Waals surface area (Å²) >= 11 is 3.42. The second kappa shape index (κ2) is 5.49. The molecule has 0 aliphatic carbocycles. The third kappa shape index (κ3) is 3.40. The summed E-state index contributed by atoms with van der Waals surface area (Å²) in [5.41, 5.74) is 6.86. The van der Waals surface area contributed by atoms with E-state index in [0.717, 1.165) is 4.47 Å². The summed E-state index contributed by atoms with van der Waals surface area (Å²) in [6.45, 7) is 2.36. The van der Waals surface area contributed by atoms with Crippen LogP contribution in [0.25, 0.3) is 0 Å². The molecule has 3 N–H and O–H groups in total. The normalized spacial score (nSPS) is 15.1. The zero-order chi connectivity index (χ0) is 10.6. The number of nitrogens with two attached hydrogens (primary N) is 1. The zero-order valence-corrected chi connectivity index (χ0v) is 9.87. The monoisotopic (exact) mass is 257 g/mol. The molecule has 0 aliphatic rings. The van der Waals surface area contributed by atoms with Gasteiger partial charge in [0.1, 0.15) is 0 Å². The topological polar surface area (TPSA) is 46.2 Å². The molecule has 0 bridgehead atoms. The number of hydrogen-bond acceptors (Lipinski definition) is 2. The standard InChI is InChI=1S/C11H16BrNO/c1-8(14)5-10(7-13)9-3-2-4-11(12)6-9/h2-4,6,8,10,14H,5,7,13H2,1H3. The van der Waals surface area contributed by atoms with Crippen molar-refractivity contribution in [3.8, 4) is 0 Å². The number of benzene rings is 1. The molecular formula is C11H16BrNO. The van der Waals surface area contributed by atoms with Gasteiger partial charge in [0.25, 0.3) is 0 Å². The Hall–Kier alpha value is -0.380. The molecule has 1 rings (SSSR count). The van der Waals surface area contributed by atoms with Gasteiger partial charge in [-0.3, -0.25) is 0 Å². The minimum absolute atomic E-state index is 0.243. The minimum atomic E-state index is -0.303. The summed E-state index contributed by atoms with van der Waals surface area (Å²) in [7, 11) is 0. The molecule has 0 fully saturated rings. The molecule has 2 nitrogen and oxygen atoms in total. The number of halogens is 1. The SMILES string of the molecule is CC(O)CC(CN)c1cccc(Br)c1. The molecule has 3 heteroatoms. The molecule has 2 unspecified atom stereocenters. The maximum Gasteiger partial charge on any atom is 0.0518 e. The summed E-state index contributed by atoms with van der Waals surface area (Å²) in [4.78, 5) is 0. The maximum atomic E-state index is 9.32. The van der Waals surface area contributed by atoms with Crippen LogP contribution in [0.4, 0.5) is 0 Å². The number of rotatable bonds is 4. The van der Waals surface area contributed by atoms with Crippen molar-refractivity contribution in [2.75, 3.05) is 6.54 Å². The van der Waals surface area contributed by atoms with Gasteiger partial charge in [-0.25, -0.2) is 0 Å². The van der Waals surface area contributed by atoms with Gasteiger partial charge in [0.2, 0.25) is 0 Å². The van der Waals surface area contributed by atoms with Crippen LogP contribution in [-0.2, 0) is 0 Å². The predicted octanol–water partition coefficient (Wildman–Crippen LogP) is 2.26. The Labute approximate surface area is 93.3 Å². The van der Waals surface area contributed by atoms with Gasteiger partial charge in [0.15, 0.2) is 0 Å². The lowest BCUT2D eigenvalue weighted by Crippen LogP contribution is -2.17. The summed E-state index contributed by atoms with van der Waals surface area (Å²) < 4.78 is 1.05. The number of aliphatic hydroxyl groups excluding tert-OH is 1. The summed E-state index contributed by atoms with van der Waals surface area (Å²) in [5.74, 6) is 0.243. The van der Waals surface area contributed by atoms with Gasteiger partial charge < -0.3 is 10.8 Å². The molecule has 0 radical (unpaired) electrons. The minimum Gasteiger partial charge on any atom is -0.393 e. The molecule has 14 heavy (non-hydrogen) atoms. The van der Waals surface area contributed by atoms with E-state index in [1.807, 2.05) is 18.2 Å². The lowest BCUT2D eigenvalue weighted by atomic mass is 9.94. The van der Waals surface area contributed by atoms with Crippen LogP contribution in [0.15, 0.2) is 28.7 Å². The molecule has 0 heterocycles. The van der Waals surface area contributed by atoms with E-state index in [1.165, 1.54) is 5.56 Å². The average Bonchev–Trinajstić information content (AvgIpc) is 2.14. The van der Waals surface area contributed by atoms with Crippen molar-refractivity contribution in [2.24, 2.45) is 5.73 Å². The van der Waals surface area contributed by atoms with Gasteiger partial charge in [0.05, 0.1) is 6.10 Å². The second-order valence-electron chi connectivity index (χ2n) is 3.57. The summed E-state index contributed by atoms with van der Waals surface area (Å²) in [6.07, 6.45) is 0.412. The molecule has 78 valence electrons. The summed E-state index contributed by atoms with van der Waals surface area (Å²) in [6, 6.07) is 8.08. The Kier molecular flexibility index (Phi) is 4.58. The van der Waals surface area contributed by atoms with Crippen molar-refractivity contribution >= 4 is 15.9 Å². The van der Waals surface area contributed by atoms with Crippen molar-refractivity contribution in [3.63, 3.8) is 0 Å². The largest absolute Gasteiger partial charge is 0.393 e. The van der Waals surface area contributed by atoms with E-state index in [1.54, 1.807) is 6.92 Å². The van der Waals surface area contributed by atoms with Crippen molar-refractivity contribution in [1.82, 2.24) is 0 Å². The average molecular weight is 258 g/mol. The smallest absolute Gasteiger partial charge is 0.0518 e. The van der Waals surface area contributed by atoms with Crippen LogP contribution in [0.3, 0.4) is 0 Å². The van der Waals surface area contributed by atoms with E-state index in [0.29, 0.717) is 13.0 Å². The van der Waals surface area contributed by atoms with Gasteiger partial charge in [0, 0.05) is 4.47 Å². The maximum absolute atomic E-state index is 9.32. The van der Waals surface area contributed by atoms with Crippen LogP contribution in [0, 0.1) is 0 Å². The molecule has 0 amide bonds. The Morgan fingerprint density at radius 3 is 2.71 bits per heavy atom. The van der Waals surface area contributed by atoms with Crippen LogP contribution in [0.1, 0.15) is 24.8 Å². The fourth-order valence-corrected chi connectivity index (χ4v) is 1.96. The third-order valence-corrected chi connectivity index (χ3v) is 2.72. The highest BCUT2D eigenvalue weighted by molar-refractivity contribution is 9.10. The van der Waals surface area contributed by atoms with Crippen LogP contribution in [0.5, 0.6) is 0 Å². The fraction of sp³-hybridized carbons (Fsp3) is 0.455. The van der Waals surface area contributed by atoms with Gasteiger partial charge >= 0.3 is 0 Å². The van der Waals surface area contributed by atoms with E-state index >= 15 is 0 Å². The van der Waals surface area contributed by atoms with Crippen LogP contribution < -0.4 is 5.73 Å². The Morgan fingerprint density at radius 2 is 2.21 bits per heavy atom. The molecule has 0 saturated heterocycles. The second-order valence-corrected chi connectivity index (χ2v) is 4.49. The Balaban J connectivity index is 2.78. The van der Waals surface area contributed by atoms with Gasteiger partial charge in [-0.1, -0.05) is 28.1 Å². The van der Waals surface area contributed by atoms with E-state index < -0.39 is 0 Å². The van der Waals surface area contributed by atoms with E-state index in [2.05, 4.69) is 22.0 Å². The third-order valence-electron chi connectivity index (χ3n) is 2.23. The van der Waals surface area contributed by atoms with Crippen LogP contribution in [-0.4, -0.2) is 17.8 Å².